The second-order valence-electron chi connectivity index (χ2n) is 6.03. The molecule has 1 heterocycles. The number of hydrogen-bond acceptors (Lipinski definition) is 4. The summed E-state index contributed by atoms with van der Waals surface area (Å²) < 4.78 is 22.7. The summed E-state index contributed by atoms with van der Waals surface area (Å²) in [6, 6.07) is -0.235. The van der Waals surface area contributed by atoms with Gasteiger partial charge in [0.25, 0.3) is 0 Å². The molecule has 7 nitrogen and oxygen atoms in total. The first-order valence-electron chi connectivity index (χ1n) is 7.76. The Labute approximate surface area is 133 Å². The molecule has 3 N–H and O–H groups in total. The lowest BCUT2D eigenvalue weighted by Crippen LogP contribution is -2.41. The number of carbonyl (C=O) groups excluding carboxylic acids is 1. The fourth-order valence-corrected chi connectivity index (χ4v) is 3.88. The van der Waals surface area contributed by atoms with Crippen LogP contribution in [-0.2, 0) is 14.6 Å². The molecule has 1 amide bonds. The average Bonchev–Trinajstić information content (AvgIpc) is 2.75. The van der Waals surface area contributed by atoms with Crippen LogP contribution in [-0.4, -0.2) is 58.0 Å². The zero-order valence-corrected chi connectivity index (χ0v) is 14.5. The van der Waals surface area contributed by atoms with Crippen LogP contribution in [0.2, 0.25) is 0 Å². The van der Waals surface area contributed by atoms with Crippen molar-refractivity contribution >= 4 is 21.7 Å². The lowest BCUT2D eigenvalue weighted by molar-refractivity contribution is -0.121. The summed E-state index contributed by atoms with van der Waals surface area (Å²) in [7, 11) is -1.27. The Morgan fingerprint density at radius 2 is 1.95 bits per heavy atom. The minimum Gasteiger partial charge on any atom is -0.356 e. The van der Waals surface area contributed by atoms with E-state index in [2.05, 4.69) is 34.8 Å². The van der Waals surface area contributed by atoms with Crippen molar-refractivity contribution in [3.8, 4) is 0 Å². The maximum absolute atomic E-state index is 11.8. The summed E-state index contributed by atoms with van der Waals surface area (Å²) in [5, 5.41) is 9.03. The first-order chi connectivity index (χ1) is 10.3. The second kappa shape index (κ2) is 8.97. The van der Waals surface area contributed by atoms with Crippen molar-refractivity contribution in [2.45, 2.75) is 39.2 Å². The van der Waals surface area contributed by atoms with Crippen LogP contribution >= 0.6 is 0 Å². The van der Waals surface area contributed by atoms with Gasteiger partial charge in [-0.3, -0.25) is 9.79 Å². The van der Waals surface area contributed by atoms with Crippen molar-refractivity contribution < 1.29 is 13.2 Å². The first kappa shape index (κ1) is 18.7. The quantitative estimate of drug-likeness (QED) is 0.446. The fraction of sp³-hybridized carbons (Fsp3) is 0.857. The molecule has 0 radical (unpaired) electrons. The monoisotopic (exact) mass is 332 g/mol. The molecule has 0 aromatic rings. The lowest BCUT2D eigenvalue weighted by atomic mass is 10.1. The number of rotatable bonds is 7. The van der Waals surface area contributed by atoms with Crippen molar-refractivity contribution in [3.05, 3.63) is 0 Å². The fourth-order valence-electron chi connectivity index (χ4n) is 2.20. The molecule has 0 bridgehead atoms. The molecule has 22 heavy (non-hydrogen) atoms. The third-order valence-electron chi connectivity index (χ3n) is 3.48. The van der Waals surface area contributed by atoms with Gasteiger partial charge in [-0.25, -0.2) is 8.42 Å². The van der Waals surface area contributed by atoms with Crippen LogP contribution in [0.3, 0.4) is 0 Å². The molecule has 1 aliphatic rings. The highest BCUT2D eigenvalue weighted by atomic mass is 32.2. The molecule has 8 heteroatoms. The summed E-state index contributed by atoms with van der Waals surface area (Å²) in [6.45, 7) is 5.62. The van der Waals surface area contributed by atoms with Crippen molar-refractivity contribution in [1.82, 2.24) is 16.0 Å². The van der Waals surface area contributed by atoms with Gasteiger partial charge in [-0.05, 0) is 18.8 Å². The van der Waals surface area contributed by atoms with E-state index >= 15 is 0 Å². The van der Waals surface area contributed by atoms with E-state index in [1.807, 2.05) is 0 Å². The van der Waals surface area contributed by atoms with E-state index in [-0.39, 0.29) is 23.5 Å². The zero-order chi connectivity index (χ0) is 16.6. The molecule has 1 rings (SSSR count). The minimum atomic E-state index is -2.96. The third-order valence-corrected chi connectivity index (χ3v) is 5.25. The number of nitrogens with one attached hydrogen (secondary N) is 3. The smallest absolute Gasteiger partial charge is 0.222 e. The van der Waals surface area contributed by atoms with Gasteiger partial charge in [0.15, 0.2) is 15.8 Å². The van der Waals surface area contributed by atoms with Gasteiger partial charge in [-0.1, -0.05) is 13.8 Å². The Balaban J connectivity index is 2.18. The van der Waals surface area contributed by atoms with Gasteiger partial charge in [0.1, 0.15) is 0 Å². The van der Waals surface area contributed by atoms with E-state index in [1.165, 1.54) is 0 Å². The predicted octanol–water partition coefficient (Wildman–Crippen LogP) is -0.109. The highest BCUT2D eigenvalue weighted by molar-refractivity contribution is 7.91. The highest BCUT2D eigenvalue weighted by Crippen LogP contribution is 2.11. The van der Waals surface area contributed by atoms with E-state index in [1.54, 1.807) is 7.05 Å². The molecule has 0 aliphatic carbocycles. The van der Waals surface area contributed by atoms with Gasteiger partial charge in [0, 0.05) is 32.6 Å². The molecule has 128 valence electrons. The molecule has 0 saturated carbocycles. The molecular formula is C14H28N4O3S. The van der Waals surface area contributed by atoms with E-state index in [0.29, 0.717) is 31.3 Å². The largest absolute Gasteiger partial charge is 0.356 e. The average molecular weight is 332 g/mol. The summed E-state index contributed by atoms with van der Waals surface area (Å²) >= 11 is 0. The van der Waals surface area contributed by atoms with E-state index in [4.69, 9.17) is 0 Å². The van der Waals surface area contributed by atoms with Crippen molar-refractivity contribution in [1.29, 1.82) is 0 Å². The number of nitrogens with zero attached hydrogens (tertiary/aromatic N) is 1. The topological polar surface area (TPSA) is 99.7 Å². The number of carbonyl (C=O) groups is 1. The third kappa shape index (κ3) is 7.63. The number of guanidine groups is 1. The van der Waals surface area contributed by atoms with Crippen LogP contribution in [0.4, 0.5) is 0 Å². The van der Waals surface area contributed by atoms with Gasteiger partial charge in [0.2, 0.25) is 5.91 Å². The molecule has 0 aromatic carbocycles. The Morgan fingerprint density at radius 1 is 1.27 bits per heavy atom. The van der Waals surface area contributed by atoms with Gasteiger partial charge >= 0.3 is 0 Å². The van der Waals surface area contributed by atoms with E-state index in [0.717, 1.165) is 13.0 Å². The Morgan fingerprint density at radius 3 is 2.50 bits per heavy atom. The molecule has 1 aliphatic heterocycles. The molecule has 1 saturated heterocycles. The predicted molar refractivity (Wildman–Crippen MR) is 88.6 cm³/mol. The molecule has 1 unspecified atom stereocenters. The van der Waals surface area contributed by atoms with E-state index < -0.39 is 9.84 Å². The van der Waals surface area contributed by atoms with Crippen LogP contribution < -0.4 is 16.0 Å². The van der Waals surface area contributed by atoms with Gasteiger partial charge < -0.3 is 16.0 Å². The molecular weight excluding hydrogens is 304 g/mol. The summed E-state index contributed by atoms with van der Waals surface area (Å²) in [5.41, 5.74) is 0. The second-order valence-corrected chi connectivity index (χ2v) is 8.25. The highest BCUT2D eigenvalue weighted by Gasteiger charge is 2.28. The van der Waals surface area contributed by atoms with Crippen LogP contribution in [0.5, 0.6) is 0 Å². The van der Waals surface area contributed by atoms with Crippen molar-refractivity contribution in [3.63, 3.8) is 0 Å². The number of aliphatic imine (C=N–C) groups is 1. The van der Waals surface area contributed by atoms with E-state index in [9.17, 15) is 13.2 Å². The number of amides is 1. The molecule has 0 spiro atoms. The maximum atomic E-state index is 11.8. The molecule has 0 aromatic heterocycles. The number of hydrogen-bond donors (Lipinski definition) is 3. The Hall–Kier alpha value is -1.31. The van der Waals surface area contributed by atoms with Crippen LogP contribution in [0.25, 0.3) is 0 Å². The van der Waals surface area contributed by atoms with Gasteiger partial charge in [0.05, 0.1) is 11.5 Å². The maximum Gasteiger partial charge on any atom is 0.222 e. The first-order valence-corrected chi connectivity index (χ1v) is 9.59. The van der Waals surface area contributed by atoms with Crippen molar-refractivity contribution in [2.24, 2.45) is 10.9 Å². The SMILES string of the molecule is CN=C(NCCC(=O)NC1CCS(=O)(=O)C1)NCCC(C)C. The van der Waals surface area contributed by atoms with Crippen molar-refractivity contribution in [2.75, 3.05) is 31.6 Å². The summed E-state index contributed by atoms with van der Waals surface area (Å²) in [5.74, 6) is 1.40. The van der Waals surface area contributed by atoms with Crippen LogP contribution in [0, 0.1) is 5.92 Å². The van der Waals surface area contributed by atoms with Gasteiger partial charge in [-0.2, -0.15) is 0 Å². The summed E-state index contributed by atoms with van der Waals surface area (Å²) in [6.07, 6.45) is 1.86. The standard InChI is InChI=1S/C14H28N4O3S/c1-11(2)4-7-16-14(15-3)17-8-5-13(19)18-12-6-9-22(20,21)10-12/h11-12H,4-10H2,1-3H3,(H,18,19)(H2,15,16,17). The van der Waals surface area contributed by atoms with Crippen LogP contribution in [0.15, 0.2) is 4.99 Å². The Bertz CT molecular complexity index is 488. The van der Waals surface area contributed by atoms with Crippen LogP contribution in [0.1, 0.15) is 33.1 Å². The van der Waals surface area contributed by atoms with Gasteiger partial charge in [-0.15, -0.1) is 0 Å². The lowest BCUT2D eigenvalue weighted by Gasteiger charge is -2.14. The molecule has 1 atom stereocenters. The zero-order valence-electron chi connectivity index (χ0n) is 13.7. The normalized spacial score (nSPS) is 20.9. The summed E-state index contributed by atoms with van der Waals surface area (Å²) in [4.78, 5) is 15.9. The minimum absolute atomic E-state index is 0.0601. The number of sulfone groups is 1. The Kier molecular flexibility index (Phi) is 7.64. The molecule has 1 fully saturated rings.